The first-order chi connectivity index (χ1) is 19.6. The molecule has 2 heterocycles. The average molecular weight is 625 g/mol. The van der Waals surface area contributed by atoms with Crippen LogP contribution in [0.4, 0.5) is 9.59 Å². The van der Waals surface area contributed by atoms with Crippen LogP contribution in [0.5, 0.6) is 0 Å². The van der Waals surface area contributed by atoms with Crippen molar-refractivity contribution in [2.24, 2.45) is 5.92 Å². The number of likely N-dealkylation sites (tertiary alicyclic amines) is 1. The molecule has 2 N–H and O–H groups in total. The van der Waals surface area contributed by atoms with Crippen LogP contribution in [0.3, 0.4) is 0 Å². The molecule has 0 radical (unpaired) electrons. The minimum absolute atomic E-state index is 0.0206. The Hall–Kier alpha value is -3.06. The fraction of sp³-hybridized carbons (Fsp3) is 0.643. The Morgan fingerprint density at radius 2 is 1.83 bits per heavy atom. The first-order valence-electron chi connectivity index (χ1n) is 14.2. The summed E-state index contributed by atoms with van der Waals surface area (Å²) in [5, 5.41) is 2.72. The van der Waals surface area contributed by atoms with Gasteiger partial charge in [0, 0.05) is 18.0 Å². The van der Waals surface area contributed by atoms with Crippen LogP contribution in [-0.2, 0) is 42.2 Å². The van der Waals surface area contributed by atoms with E-state index in [4.69, 9.17) is 21.1 Å². The van der Waals surface area contributed by atoms with Crippen LogP contribution >= 0.6 is 11.6 Å². The molecule has 2 unspecified atom stereocenters. The smallest absolute Gasteiger partial charge is 0.411 e. The Balaban J connectivity index is 1.29. The van der Waals surface area contributed by atoms with Gasteiger partial charge in [0.05, 0.1) is 18.3 Å². The molecule has 12 nitrogen and oxygen atoms in total. The van der Waals surface area contributed by atoms with Crippen LogP contribution in [0.2, 0.25) is 5.02 Å². The Morgan fingerprint density at radius 3 is 2.43 bits per heavy atom. The van der Waals surface area contributed by atoms with E-state index in [-0.39, 0.29) is 31.8 Å². The molecule has 14 heteroatoms. The van der Waals surface area contributed by atoms with Crippen LogP contribution in [0.25, 0.3) is 0 Å². The van der Waals surface area contributed by atoms with Crippen molar-refractivity contribution in [1.82, 2.24) is 19.8 Å². The molecule has 2 saturated carbocycles. The maximum absolute atomic E-state index is 13.7. The number of carbonyl (C=O) groups excluding carboxylic acids is 4. The van der Waals surface area contributed by atoms with Gasteiger partial charge in [-0.25, -0.2) is 18.0 Å². The van der Waals surface area contributed by atoms with E-state index in [2.05, 4.69) is 10.0 Å². The van der Waals surface area contributed by atoms with Crippen LogP contribution < -0.4 is 10.0 Å². The maximum Gasteiger partial charge on any atom is 0.411 e. The standard InChI is InChI=1S/C28H37ClN4O8S/c1-5-17-12-28(17,24(35)31-42(38,39)19-9-10-19)30-23(34)22-11-18(14-33(22)26(37)41-27(2,3)4)40-25(36)32-13-16-7-6-8-21(29)20(16)15-32/h6-8,17-19,22H,5,9-15H2,1-4H3,(H,30,34)(H,31,35)/t17-,18-,22?,28?/m1/s1. The summed E-state index contributed by atoms with van der Waals surface area (Å²) < 4.78 is 38.3. The number of halogens is 1. The Bertz CT molecular complexity index is 1410. The quantitative estimate of drug-likeness (QED) is 0.470. The predicted molar refractivity (Wildman–Crippen MR) is 152 cm³/mol. The van der Waals surface area contributed by atoms with Gasteiger partial charge in [-0.2, -0.15) is 0 Å². The average Bonchev–Trinajstić information content (AvgIpc) is 3.78. The highest BCUT2D eigenvalue weighted by atomic mass is 35.5. The van der Waals surface area contributed by atoms with Crippen LogP contribution in [0.15, 0.2) is 18.2 Å². The van der Waals surface area contributed by atoms with Gasteiger partial charge in [-0.1, -0.05) is 37.1 Å². The zero-order chi connectivity index (χ0) is 30.6. The van der Waals surface area contributed by atoms with E-state index in [0.29, 0.717) is 30.8 Å². The number of fused-ring (bicyclic) bond motifs is 1. The lowest BCUT2D eigenvalue weighted by molar-refractivity contribution is -0.132. The van der Waals surface area contributed by atoms with Crippen molar-refractivity contribution in [3.8, 4) is 0 Å². The van der Waals surface area contributed by atoms with Gasteiger partial charge in [0.15, 0.2) is 0 Å². The van der Waals surface area contributed by atoms with Gasteiger partial charge in [0.2, 0.25) is 15.9 Å². The number of nitrogens with one attached hydrogen (secondary N) is 2. The summed E-state index contributed by atoms with van der Waals surface area (Å²) in [5.41, 5.74) is -0.490. The molecule has 230 valence electrons. The van der Waals surface area contributed by atoms with Crippen molar-refractivity contribution >= 4 is 45.6 Å². The molecule has 0 spiro atoms. The lowest BCUT2D eigenvalue weighted by atomic mass is 10.1. The molecular weight excluding hydrogens is 588 g/mol. The molecule has 4 atom stereocenters. The summed E-state index contributed by atoms with van der Waals surface area (Å²) in [6, 6.07) is 4.35. The van der Waals surface area contributed by atoms with Crippen molar-refractivity contribution in [2.75, 3.05) is 6.54 Å². The second kappa shape index (κ2) is 10.9. The zero-order valence-corrected chi connectivity index (χ0v) is 25.7. The lowest BCUT2D eigenvalue weighted by Gasteiger charge is -2.29. The van der Waals surface area contributed by atoms with E-state index in [9.17, 15) is 27.6 Å². The van der Waals surface area contributed by atoms with Gasteiger partial charge in [-0.3, -0.25) is 24.1 Å². The molecule has 0 aromatic heterocycles. The van der Waals surface area contributed by atoms with E-state index in [1.807, 2.05) is 19.1 Å². The highest BCUT2D eigenvalue weighted by Crippen LogP contribution is 2.47. The summed E-state index contributed by atoms with van der Waals surface area (Å²) in [7, 11) is -3.82. The van der Waals surface area contributed by atoms with Gasteiger partial charge in [-0.05, 0) is 63.1 Å². The fourth-order valence-electron chi connectivity index (χ4n) is 5.68. The second-order valence-electron chi connectivity index (χ2n) is 12.6. The SMILES string of the molecule is CC[C@@H]1CC1(NC(=O)C1C[C@@H](OC(=O)N2Cc3cccc(Cl)c3C2)CN1C(=O)OC(C)(C)C)C(=O)NS(=O)(=O)C1CC1. The van der Waals surface area contributed by atoms with Crippen LogP contribution in [0.1, 0.15) is 70.9 Å². The lowest BCUT2D eigenvalue weighted by Crippen LogP contribution is -2.57. The summed E-state index contributed by atoms with van der Waals surface area (Å²) in [6.07, 6.45) is -0.414. The van der Waals surface area contributed by atoms with E-state index >= 15 is 0 Å². The molecule has 1 aromatic rings. The predicted octanol–water partition coefficient (Wildman–Crippen LogP) is 3.06. The van der Waals surface area contributed by atoms with Gasteiger partial charge < -0.3 is 14.8 Å². The van der Waals surface area contributed by atoms with E-state index in [1.165, 1.54) is 9.80 Å². The Morgan fingerprint density at radius 1 is 1.12 bits per heavy atom. The number of rotatable bonds is 7. The van der Waals surface area contributed by atoms with E-state index < -0.39 is 62.6 Å². The Labute approximate surface area is 250 Å². The molecule has 2 aliphatic carbocycles. The van der Waals surface area contributed by atoms with Crippen LogP contribution in [-0.4, -0.2) is 77.3 Å². The highest BCUT2D eigenvalue weighted by molar-refractivity contribution is 7.91. The molecular formula is C28H37ClN4O8S. The van der Waals surface area contributed by atoms with Gasteiger partial charge >= 0.3 is 12.2 Å². The Kier molecular flexibility index (Phi) is 7.88. The molecule has 1 aromatic carbocycles. The number of sulfonamides is 1. The summed E-state index contributed by atoms with van der Waals surface area (Å²) in [6.45, 7) is 7.44. The van der Waals surface area contributed by atoms with Gasteiger partial charge in [0.1, 0.15) is 23.3 Å². The third-order valence-corrected chi connectivity index (χ3v) is 10.4. The summed E-state index contributed by atoms with van der Waals surface area (Å²) in [5.74, 6) is -1.68. The molecule has 1 saturated heterocycles. The van der Waals surface area contributed by atoms with E-state index in [0.717, 1.165) is 11.1 Å². The van der Waals surface area contributed by atoms with Gasteiger partial charge in [0.25, 0.3) is 5.91 Å². The maximum atomic E-state index is 13.7. The molecule has 42 heavy (non-hydrogen) atoms. The summed E-state index contributed by atoms with van der Waals surface area (Å²) in [4.78, 5) is 55.8. The van der Waals surface area contributed by atoms with Crippen LogP contribution in [0, 0.1) is 5.92 Å². The van der Waals surface area contributed by atoms with Crippen molar-refractivity contribution in [3.63, 3.8) is 0 Å². The number of nitrogens with zero attached hydrogens (tertiary/aromatic N) is 2. The number of hydrogen-bond acceptors (Lipinski definition) is 8. The molecule has 3 fully saturated rings. The fourth-order valence-corrected chi connectivity index (χ4v) is 7.29. The molecule has 5 rings (SSSR count). The normalized spacial score (nSPS) is 26.8. The summed E-state index contributed by atoms with van der Waals surface area (Å²) >= 11 is 6.28. The highest BCUT2D eigenvalue weighted by Gasteiger charge is 2.62. The topological polar surface area (TPSA) is 151 Å². The number of benzene rings is 1. The largest absolute Gasteiger partial charge is 0.444 e. The minimum atomic E-state index is -3.82. The number of amides is 4. The van der Waals surface area contributed by atoms with Crippen molar-refractivity contribution < 1.29 is 37.1 Å². The first-order valence-corrected chi connectivity index (χ1v) is 16.2. The molecule has 2 aliphatic heterocycles. The monoisotopic (exact) mass is 624 g/mol. The third kappa shape index (κ3) is 6.17. The molecule has 4 aliphatic rings. The number of ether oxygens (including phenoxy) is 2. The minimum Gasteiger partial charge on any atom is -0.444 e. The third-order valence-electron chi connectivity index (χ3n) is 8.19. The number of hydrogen-bond donors (Lipinski definition) is 2. The van der Waals surface area contributed by atoms with Crippen molar-refractivity contribution in [1.29, 1.82) is 0 Å². The first kappa shape index (κ1) is 30.4. The van der Waals surface area contributed by atoms with Gasteiger partial charge in [-0.15, -0.1) is 0 Å². The van der Waals surface area contributed by atoms with Crippen molar-refractivity contribution in [2.45, 2.75) is 101 Å². The van der Waals surface area contributed by atoms with Crippen molar-refractivity contribution in [3.05, 3.63) is 34.3 Å². The second-order valence-corrected chi connectivity index (χ2v) is 14.9. The zero-order valence-electron chi connectivity index (χ0n) is 24.1. The van der Waals surface area contributed by atoms with E-state index in [1.54, 1.807) is 26.8 Å². The molecule has 4 amide bonds. The molecule has 0 bridgehead atoms. The number of carbonyl (C=O) groups is 4.